The number of thiophene rings is 1. The van der Waals surface area contributed by atoms with Crippen LogP contribution in [0, 0.1) is 6.92 Å². The molecule has 1 N–H and O–H groups in total. The summed E-state index contributed by atoms with van der Waals surface area (Å²) in [4.78, 5) is 11.0. The van der Waals surface area contributed by atoms with Gasteiger partial charge < -0.3 is 0 Å². The number of nitrogens with zero attached hydrogens (tertiary/aromatic N) is 5. The molecule has 0 aromatic carbocycles. The Labute approximate surface area is 132 Å². The number of aromatic nitrogens is 6. The SMILES string of the molecule is Cc1cn2nc(Sc3n[nH]c(Cc4cccs4)n3)sc2n1. The molecule has 4 heterocycles. The van der Waals surface area contributed by atoms with Crippen molar-refractivity contribution >= 4 is 39.4 Å². The molecule has 9 heteroatoms. The van der Waals surface area contributed by atoms with Crippen molar-refractivity contribution in [1.82, 2.24) is 29.8 Å². The molecule has 0 amide bonds. The number of rotatable bonds is 4. The molecule has 106 valence electrons. The molecular formula is C12H10N6S3. The van der Waals surface area contributed by atoms with Gasteiger partial charge in [-0.3, -0.25) is 5.10 Å². The average molecular weight is 334 g/mol. The Hall–Kier alpha value is -1.71. The maximum atomic E-state index is 4.49. The van der Waals surface area contributed by atoms with Crippen LogP contribution in [0.25, 0.3) is 4.96 Å². The van der Waals surface area contributed by atoms with Gasteiger partial charge in [0, 0.05) is 11.3 Å². The van der Waals surface area contributed by atoms with Crippen molar-refractivity contribution in [3.8, 4) is 0 Å². The van der Waals surface area contributed by atoms with Gasteiger partial charge in [0.25, 0.3) is 0 Å². The van der Waals surface area contributed by atoms with Crippen molar-refractivity contribution in [3.05, 3.63) is 40.1 Å². The van der Waals surface area contributed by atoms with E-state index in [1.807, 2.05) is 19.2 Å². The number of nitrogens with one attached hydrogen (secondary N) is 1. The summed E-state index contributed by atoms with van der Waals surface area (Å²) in [5, 5.41) is 14.4. The standard InChI is InChI=1S/C12H10N6S3/c1-7-6-18-11(13-7)21-12(17-18)20-10-14-9(15-16-10)5-8-3-2-4-19-8/h2-4,6H,5H2,1H3,(H,14,15,16). The third-order valence-corrected chi connectivity index (χ3v) is 5.47. The molecule has 0 aliphatic rings. The molecule has 0 aliphatic heterocycles. The van der Waals surface area contributed by atoms with Crippen LogP contribution in [-0.2, 0) is 6.42 Å². The second kappa shape index (κ2) is 5.24. The highest BCUT2D eigenvalue weighted by Gasteiger charge is 2.11. The van der Waals surface area contributed by atoms with Crippen LogP contribution in [0.4, 0.5) is 0 Å². The molecule has 6 nitrogen and oxygen atoms in total. The average Bonchev–Trinajstić information content (AvgIpc) is 3.16. The van der Waals surface area contributed by atoms with Crippen LogP contribution in [0.1, 0.15) is 16.4 Å². The first-order chi connectivity index (χ1) is 10.3. The minimum Gasteiger partial charge on any atom is -0.262 e. The van der Waals surface area contributed by atoms with Crippen molar-refractivity contribution in [3.63, 3.8) is 0 Å². The predicted molar refractivity (Wildman–Crippen MR) is 83.2 cm³/mol. The second-order valence-electron chi connectivity index (χ2n) is 4.40. The summed E-state index contributed by atoms with van der Waals surface area (Å²) in [6.07, 6.45) is 2.70. The van der Waals surface area contributed by atoms with E-state index in [1.54, 1.807) is 15.9 Å². The lowest BCUT2D eigenvalue weighted by atomic mass is 10.3. The number of aromatic amines is 1. The quantitative estimate of drug-likeness (QED) is 0.621. The van der Waals surface area contributed by atoms with E-state index in [9.17, 15) is 0 Å². The van der Waals surface area contributed by atoms with Gasteiger partial charge in [0.2, 0.25) is 10.1 Å². The van der Waals surface area contributed by atoms with Crippen LogP contribution < -0.4 is 0 Å². The van der Waals surface area contributed by atoms with Gasteiger partial charge in [-0.15, -0.1) is 21.5 Å². The van der Waals surface area contributed by atoms with E-state index >= 15 is 0 Å². The number of hydrogen-bond acceptors (Lipinski definition) is 7. The number of aryl methyl sites for hydroxylation is 1. The molecule has 0 bridgehead atoms. The fourth-order valence-corrected chi connectivity index (χ4v) is 4.41. The maximum Gasteiger partial charge on any atom is 0.215 e. The van der Waals surface area contributed by atoms with E-state index in [0.29, 0.717) is 5.16 Å². The topological polar surface area (TPSA) is 71.8 Å². The second-order valence-corrected chi connectivity index (χ2v) is 7.60. The Kier molecular flexibility index (Phi) is 3.24. The summed E-state index contributed by atoms with van der Waals surface area (Å²) in [5.74, 6) is 0.872. The van der Waals surface area contributed by atoms with Crippen molar-refractivity contribution in [1.29, 1.82) is 0 Å². The Morgan fingerprint density at radius 2 is 2.33 bits per heavy atom. The van der Waals surface area contributed by atoms with E-state index in [0.717, 1.165) is 27.2 Å². The number of fused-ring (bicyclic) bond motifs is 1. The summed E-state index contributed by atoms with van der Waals surface area (Å²) in [6, 6.07) is 4.14. The van der Waals surface area contributed by atoms with E-state index in [-0.39, 0.29) is 0 Å². The molecule has 0 fully saturated rings. The van der Waals surface area contributed by atoms with Gasteiger partial charge >= 0.3 is 0 Å². The van der Waals surface area contributed by atoms with Gasteiger partial charge in [0.1, 0.15) is 5.82 Å². The lowest BCUT2D eigenvalue weighted by molar-refractivity contribution is 0.905. The third-order valence-electron chi connectivity index (χ3n) is 2.76. The smallest absolute Gasteiger partial charge is 0.215 e. The largest absolute Gasteiger partial charge is 0.262 e. The van der Waals surface area contributed by atoms with Crippen LogP contribution in [0.3, 0.4) is 0 Å². The zero-order valence-electron chi connectivity index (χ0n) is 11.0. The zero-order valence-corrected chi connectivity index (χ0v) is 13.4. The molecular weight excluding hydrogens is 324 g/mol. The van der Waals surface area contributed by atoms with Crippen LogP contribution in [0.2, 0.25) is 0 Å². The molecule has 0 saturated heterocycles. The number of hydrogen-bond donors (Lipinski definition) is 1. The maximum absolute atomic E-state index is 4.49. The molecule has 0 radical (unpaired) electrons. The van der Waals surface area contributed by atoms with Gasteiger partial charge in [-0.25, -0.2) is 14.5 Å². The van der Waals surface area contributed by atoms with Gasteiger partial charge in [0.15, 0.2) is 4.34 Å². The number of H-pyrrole nitrogens is 1. The van der Waals surface area contributed by atoms with Crippen molar-refractivity contribution in [2.75, 3.05) is 0 Å². The van der Waals surface area contributed by atoms with Gasteiger partial charge in [0.05, 0.1) is 11.9 Å². The lowest BCUT2D eigenvalue weighted by Gasteiger charge is -1.90. The molecule has 0 aliphatic carbocycles. The minimum absolute atomic E-state index is 0.690. The molecule has 21 heavy (non-hydrogen) atoms. The fourth-order valence-electron chi connectivity index (χ4n) is 1.89. The Balaban J connectivity index is 1.51. The van der Waals surface area contributed by atoms with Gasteiger partial charge in [-0.05, 0) is 30.1 Å². The summed E-state index contributed by atoms with van der Waals surface area (Å²) < 4.78 is 2.68. The molecule has 4 rings (SSSR count). The van der Waals surface area contributed by atoms with Gasteiger partial charge in [-0.1, -0.05) is 17.4 Å². The van der Waals surface area contributed by atoms with Crippen molar-refractivity contribution < 1.29 is 0 Å². The monoisotopic (exact) mass is 334 g/mol. The molecule has 4 aromatic rings. The Morgan fingerprint density at radius 3 is 3.14 bits per heavy atom. The van der Waals surface area contributed by atoms with E-state index in [4.69, 9.17) is 0 Å². The Morgan fingerprint density at radius 1 is 1.38 bits per heavy atom. The Bertz CT molecular complexity index is 841. The van der Waals surface area contributed by atoms with Gasteiger partial charge in [-0.2, -0.15) is 0 Å². The van der Waals surface area contributed by atoms with Crippen molar-refractivity contribution in [2.24, 2.45) is 0 Å². The molecule has 0 unspecified atom stereocenters. The molecule has 0 saturated carbocycles. The summed E-state index contributed by atoms with van der Waals surface area (Å²) in [6.45, 7) is 1.96. The highest BCUT2D eigenvalue weighted by Crippen LogP contribution is 2.29. The van der Waals surface area contributed by atoms with Crippen molar-refractivity contribution in [2.45, 2.75) is 22.8 Å². The molecule has 4 aromatic heterocycles. The summed E-state index contributed by atoms with van der Waals surface area (Å²) in [7, 11) is 0. The first-order valence-corrected chi connectivity index (χ1v) is 8.72. The highest BCUT2D eigenvalue weighted by molar-refractivity contribution is 8.00. The zero-order chi connectivity index (χ0) is 14.2. The van der Waals surface area contributed by atoms with E-state index in [1.165, 1.54) is 28.0 Å². The third kappa shape index (κ3) is 2.71. The number of imidazole rings is 1. The lowest BCUT2D eigenvalue weighted by Crippen LogP contribution is -1.87. The molecule has 0 spiro atoms. The first-order valence-electron chi connectivity index (χ1n) is 6.20. The fraction of sp³-hybridized carbons (Fsp3) is 0.167. The highest BCUT2D eigenvalue weighted by atomic mass is 32.2. The van der Waals surface area contributed by atoms with Crippen LogP contribution in [-0.4, -0.2) is 29.8 Å². The van der Waals surface area contributed by atoms with Crippen LogP contribution in [0.15, 0.2) is 33.2 Å². The van der Waals surface area contributed by atoms with Crippen LogP contribution in [0.5, 0.6) is 0 Å². The summed E-state index contributed by atoms with van der Waals surface area (Å²) >= 11 is 4.71. The minimum atomic E-state index is 0.690. The van der Waals surface area contributed by atoms with E-state index in [2.05, 4.69) is 36.7 Å². The first kappa shape index (κ1) is 13.0. The summed E-state index contributed by atoms with van der Waals surface area (Å²) in [5.41, 5.74) is 0.974. The predicted octanol–water partition coefficient (Wildman–Crippen LogP) is 3.02. The van der Waals surface area contributed by atoms with Crippen LogP contribution >= 0.6 is 34.4 Å². The van der Waals surface area contributed by atoms with E-state index < -0.39 is 0 Å². The normalized spacial score (nSPS) is 11.5. The molecule has 0 atom stereocenters.